The van der Waals surface area contributed by atoms with E-state index in [2.05, 4.69) is 4.98 Å². The fraction of sp³-hybridized carbons (Fsp3) is 0.636. The van der Waals surface area contributed by atoms with Gasteiger partial charge in [-0.25, -0.2) is 4.98 Å². The Balaban J connectivity index is 2.04. The molecule has 0 aromatic carbocycles. The van der Waals surface area contributed by atoms with Crippen LogP contribution in [0.3, 0.4) is 0 Å². The quantitative estimate of drug-likeness (QED) is 0.891. The number of carboxylic acid groups (broad SMARTS) is 1. The molecule has 1 fully saturated rings. The first-order valence-electron chi connectivity index (χ1n) is 5.68. The maximum Gasteiger partial charge on any atom is 0.319 e. The second-order valence-electron chi connectivity index (χ2n) is 4.85. The fourth-order valence-electron chi connectivity index (χ4n) is 2.21. The number of rotatable bonds is 4. The zero-order valence-electron chi connectivity index (χ0n) is 10.0. The van der Waals surface area contributed by atoms with Crippen LogP contribution in [-0.4, -0.2) is 38.6 Å². The van der Waals surface area contributed by atoms with E-state index in [4.69, 9.17) is 5.11 Å². The van der Waals surface area contributed by atoms with Gasteiger partial charge >= 0.3 is 12.5 Å². The van der Waals surface area contributed by atoms with Crippen molar-refractivity contribution >= 4 is 5.97 Å². The molecular weight excluding hydrogens is 244 g/mol. The van der Waals surface area contributed by atoms with Crippen molar-refractivity contribution in [3.63, 3.8) is 0 Å². The summed E-state index contributed by atoms with van der Waals surface area (Å²) < 4.78 is 26.1. The van der Waals surface area contributed by atoms with E-state index >= 15 is 0 Å². The van der Waals surface area contributed by atoms with Crippen LogP contribution in [-0.2, 0) is 11.3 Å². The van der Waals surface area contributed by atoms with Crippen molar-refractivity contribution in [3.05, 3.63) is 18.2 Å². The second kappa shape index (κ2) is 4.64. The second-order valence-corrected chi connectivity index (χ2v) is 4.85. The van der Waals surface area contributed by atoms with Gasteiger partial charge in [0.05, 0.1) is 12.0 Å². The Morgan fingerprint density at radius 2 is 2.39 bits per heavy atom. The van der Waals surface area contributed by atoms with Gasteiger partial charge in [0.2, 0.25) is 0 Å². The Kier molecular flexibility index (Phi) is 3.34. The Labute approximate surface area is 103 Å². The molecule has 100 valence electrons. The molecule has 5 nitrogen and oxygen atoms in total. The summed E-state index contributed by atoms with van der Waals surface area (Å²) in [6.07, 6.45) is 3.08. The van der Waals surface area contributed by atoms with Crippen LogP contribution in [0, 0.1) is 5.41 Å². The molecule has 0 amide bonds. The SMILES string of the molecule is CC1(C(=O)O)CCN(Cc2nccn2C(F)F)C1. The number of hydrogen-bond acceptors (Lipinski definition) is 3. The third-order valence-corrected chi connectivity index (χ3v) is 3.39. The first-order valence-corrected chi connectivity index (χ1v) is 5.68. The normalized spacial score (nSPS) is 24.9. The number of aliphatic carboxylic acids is 1. The molecule has 0 radical (unpaired) electrons. The number of aromatic nitrogens is 2. The van der Waals surface area contributed by atoms with Gasteiger partial charge in [-0.2, -0.15) is 8.78 Å². The van der Waals surface area contributed by atoms with E-state index < -0.39 is 17.9 Å². The first kappa shape index (κ1) is 12.9. The average molecular weight is 259 g/mol. The third-order valence-electron chi connectivity index (χ3n) is 3.39. The predicted molar refractivity (Wildman–Crippen MR) is 59.1 cm³/mol. The molecule has 1 saturated heterocycles. The van der Waals surface area contributed by atoms with E-state index in [-0.39, 0.29) is 12.4 Å². The predicted octanol–water partition coefficient (Wildman–Crippen LogP) is 1.57. The smallest absolute Gasteiger partial charge is 0.319 e. The number of imidazole rings is 1. The highest BCUT2D eigenvalue weighted by molar-refractivity contribution is 5.74. The molecule has 1 unspecified atom stereocenters. The lowest BCUT2D eigenvalue weighted by Gasteiger charge is -2.20. The van der Waals surface area contributed by atoms with Gasteiger partial charge in [0.25, 0.3) is 0 Å². The number of carbonyl (C=O) groups is 1. The molecule has 1 aliphatic rings. The summed E-state index contributed by atoms with van der Waals surface area (Å²) in [4.78, 5) is 16.8. The van der Waals surface area contributed by atoms with Crippen molar-refractivity contribution in [2.24, 2.45) is 5.41 Å². The van der Waals surface area contributed by atoms with Crippen molar-refractivity contribution in [1.29, 1.82) is 0 Å². The van der Waals surface area contributed by atoms with Gasteiger partial charge in [-0.3, -0.25) is 14.3 Å². The minimum absolute atomic E-state index is 0.250. The zero-order chi connectivity index (χ0) is 13.3. The van der Waals surface area contributed by atoms with Crippen molar-refractivity contribution in [1.82, 2.24) is 14.5 Å². The molecule has 0 bridgehead atoms. The lowest BCUT2D eigenvalue weighted by Crippen LogP contribution is -2.32. The molecule has 2 heterocycles. The molecule has 1 aliphatic heterocycles. The van der Waals surface area contributed by atoms with E-state index in [1.807, 2.05) is 4.90 Å². The monoisotopic (exact) mass is 259 g/mol. The summed E-state index contributed by atoms with van der Waals surface area (Å²) in [5, 5.41) is 9.09. The maximum atomic E-state index is 12.6. The summed E-state index contributed by atoms with van der Waals surface area (Å²) in [7, 11) is 0. The molecular formula is C11H15F2N3O2. The van der Waals surface area contributed by atoms with Crippen molar-refractivity contribution in [3.8, 4) is 0 Å². The van der Waals surface area contributed by atoms with E-state index in [1.165, 1.54) is 12.4 Å². The minimum Gasteiger partial charge on any atom is -0.481 e. The number of hydrogen-bond donors (Lipinski definition) is 1. The average Bonchev–Trinajstić information content (AvgIpc) is 2.87. The summed E-state index contributed by atoms with van der Waals surface area (Å²) in [6.45, 7) is 0.253. The Morgan fingerprint density at radius 1 is 1.67 bits per heavy atom. The van der Waals surface area contributed by atoms with Crippen LogP contribution >= 0.6 is 0 Å². The molecule has 0 saturated carbocycles. The lowest BCUT2D eigenvalue weighted by molar-refractivity contribution is -0.147. The summed E-state index contributed by atoms with van der Waals surface area (Å²) in [5.41, 5.74) is -0.789. The molecule has 1 N–H and O–H groups in total. The third kappa shape index (κ3) is 2.35. The highest BCUT2D eigenvalue weighted by Gasteiger charge is 2.40. The van der Waals surface area contributed by atoms with E-state index in [1.54, 1.807) is 6.92 Å². The molecule has 1 atom stereocenters. The van der Waals surface area contributed by atoms with Crippen LogP contribution < -0.4 is 0 Å². The molecule has 1 aromatic rings. The van der Waals surface area contributed by atoms with Gasteiger partial charge in [0, 0.05) is 18.9 Å². The number of halogens is 2. The Morgan fingerprint density at radius 3 is 2.94 bits per heavy atom. The zero-order valence-corrected chi connectivity index (χ0v) is 10.0. The standard InChI is InChI=1S/C11H15F2N3O2/c1-11(9(17)18)2-4-15(7-11)6-8-14-3-5-16(8)10(12)13/h3,5,10H,2,4,6-7H2,1H3,(H,17,18). The van der Waals surface area contributed by atoms with Gasteiger partial charge in [0.15, 0.2) is 0 Å². The van der Waals surface area contributed by atoms with Crippen LogP contribution in [0.4, 0.5) is 8.78 Å². The first-order chi connectivity index (χ1) is 8.42. The highest BCUT2D eigenvalue weighted by Crippen LogP contribution is 2.31. The molecule has 18 heavy (non-hydrogen) atoms. The topological polar surface area (TPSA) is 58.4 Å². The van der Waals surface area contributed by atoms with Crippen molar-refractivity contribution in [2.75, 3.05) is 13.1 Å². The fourth-order valence-corrected chi connectivity index (χ4v) is 2.21. The highest BCUT2D eigenvalue weighted by atomic mass is 19.3. The maximum absolute atomic E-state index is 12.6. The van der Waals surface area contributed by atoms with Gasteiger partial charge < -0.3 is 5.11 Å². The van der Waals surface area contributed by atoms with Crippen LogP contribution in [0.2, 0.25) is 0 Å². The van der Waals surface area contributed by atoms with E-state index in [0.717, 1.165) is 4.57 Å². The summed E-state index contributed by atoms with van der Waals surface area (Å²) >= 11 is 0. The molecule has 0 aliphatic carbocycles. The Bertz CT molecular complexity index is 449. The van der Waals surface area contributed by atoms with E-state index in [0.29, 0.717) is 19.5 Å². The van der Waals surface area contributed by atoms with Gasteiger partial charge in [-0.05, 0) is 19.9 Å². The van der Waals surface area contributed by atoms with Crippen LogP contribution in [0.25, 0.3) is 0 Å². The molecule has 7 heteroatoms. The van der Waals surface area contributed by atoms with E-state index in [9.17, 15) is 13.6 Å². The number of likely N-dealkylation sites (tertiary alicyclic amines) is 1. The van der Waals surface area contributed by atoms with Crippen molar-refractivity contribution < 1.29 is 18.7 Å². The molecule has 0 spiro atoms. The van der Waals surface area contributed by atoms with Gasteiger partial charge in [-0.15, -0.1) is 0 Å². The number of nitrogens with zero attached hydrogens (tertiary/aromatic N) is 3. The van der Waals surface area contributed by atoms with Crippen molar-refractivity contribution in [2.45, 2.75) is 26.4 Å². The largest absolute Gasteiger partial charge is 0.481 e. The minimum atomic E-state index is -2.61. The number of alkyl halides is 2. The lowest BCUT2D eigenvalue weighted by atomic mass is 9.90. The number of carboxylic acids is 1. The van der Waals surface area contributed by atoms with Gasteiger partial charge in [-0.1, -0.05) is 0 Å². The van der Waals surface area contributed by atoms with Crippen LogP contribution in [0.5, 0.6) is 0 Å². The summed E-state index contributed by atoms with van der Waals surface area (Å²) in [6, 6.07) is 0. The summed E-state index contributed by atoms with van der Waals surface area (Å²) in [5.74, 6) is -0.582. The van der Waals surface area contributed by atoms with Crippen LogP contribution in [0.15, 0.2) is 12.4 Å². The Hall–Kier alpha value is -1.50. The van der Waals surface area contributed by atoms with Gasteiger partial charge in [0.1, 0.15) is 5.82 Å². The molecule has 2 rings (SSSR count). The molecule has 1 aromatic heterocycles. The van der Waals surface area contributed by atoms with Crippen LogP contribution in [0.1, 0.15) is 25.7 Å².